The van der Waals surface area contributed by atoms with Crippen molar-refractivity contribution in [2.45, 2.75) is 19.4 Å². The highest BCUT2D eigenvalue weighted by atomic mass is 16.5. The molecule has 2 aromatic rings. The van der Waals surface area contributed by atoms with Crippen molar-refractivity contribution in [1.82, 2.24) is 0 Å². The zero-order valence-electron chi connectivity index (χ0n) is 13.5. The molecular formula is C18H21NO4. The standard InChI is InChI=1S/C18H21NO4/c1-4-17(23-14-8-6-5-7-9-14)18(20)19-13-10-15(21-2)12-16(11-13)22-3/h5-12,17H,4H2,1-3H3,(H,19,20)/t17-/m0/s1. The minimum atomic E-state index is -0.574. The van der Waals surface area contributed by atoms with E-state index in [1.165, 1.54) is 0 Å². The number of carbonyl (C=O) groups excluding carboxylic acids is 1. The van der Waals surface area contributed by atoms with Gasteiger partial charge in [0, 0.05) is 23.9 Å². The van der Waals surface area contributed by atoms with Crippen LogP contribution >= 0.6 is 0 Å². The number of nitrogens with one attached hydrogen (secondary N) is 1. The molecule has 23 heavy (non-hydrogen) atoms. The number of hydrogen-bond acceptors (Lipinski definition) is 4. The van der Waals surface area contributed by atoms with E-state index in [1.54, 1.807) is 32.4 Å². The zero-order valence-corrected chi connectivity index (χ0v) is 13.5. The van der Waals surface area contributed by atoms with Crippen LogP contribution in [0.2, 0.25) is 0 Å². The fraction of sp³-hybridized carbons (Fsp3) is 0.278. The maximum atomic E-state index is 12.4. The summed E-state index contributed by atoms with van der Waals surface area (Å²) in [5.74, 6) is 1.66. The Morgan fingerprint density at radius 3 is 2.13 bits per heavy atom. The van der Waals surface area contributed by atoms with Crippen LogP contribution < -0.4 is 19.5 Å². The fourth-order valence-electron chi connectivity index (χ4n) is 2.09. The van der Waals surface area contributed by atoms with Gasteiger partial charge in [-0.1, -0.05) is 25.1 Å². The molecule has 0 unspecified atom stereocenters. The Morgan fingerprint density at radius 1 is 1.00 bits per heavy atom. The van der Waals surface area contributed by atoms with Crippen LogP contribution in [0.5, 0.6) is 17.2 Å². The summed E-state index contributed by atoms with van der Waals surface area (Å²) in [5.41, 5.74) is 0.598. The van der Waals surface area contributed by atoms with Gasteiger partial charge in [0.2, 0.25) is 0 Å². The van der Waals surface area contributed by atoms with Gasteiger partial charge in [-0.05, 0) is 18.6 Å². The van der Waals surface area contributed by atoms with Crippen LogP contribution in [0.25, 0.3) is 0 Å². The molecule has 0 aromatic heterocycles. The van der Waals surface area contributed by atoms with Crippen LogP contribution in [0.4, 0.5) is 5.69 Å². The summed E-state index contributed by atoms with van der Waals surface area (Å²) in [6.07, 6.45) is -0.0171. The quantitative estimate of drug-likeness (QED) is 0.849. The van der Waals surface area contributed by atoms with Crippen LogP contribution in [0.3, 0.4) is 0 Å². The maximum absolute atomic E-state index is 12.4. The maximum Gasteiger partial charge on any atom is 0.265 e. The number of amides is 1. The van der Waals surface area contributed by atoms with Crippen molar-refractivity contribution in [3.05, 3.63) is 48.5 Å². The van der Waals surface area contributed by atoms with Crippen molar-refractivity contribution in [3.63, 3.8) is 0 Å². The Balaban J connectivity index is 2.10. The lowest BCUT2D eigenvalue weighted by Gasteiger charge is -2.18. The van der Waals surface area contributed by atoms with Gasteiger partial charge in [0.15, 0.2) is 6.10 Å². The first-order chi connectivity index (χ1) is 11.2. The highest BCUT2D eigenvalue weighted by molar-refractivity contribution is 5.94. The van der Waals surface area contributed by atoms with Gasteiger partial charge in [0.1, 0.15) is 17.2 Å². The van der Waals surface area contributed by atoms with E-state index in [1.807, 2.05) is 37.3 Å². The van der Waals surface area contributed by atoms with E-state index < -0.39 is 6.10 Å². The largest absolute Gasteiger partial charge is 0.497 e. The second kappa shape index (κ2) is 8.08. The third kappa shape index (κ3) is 4.64. The molecule has 0 heterocycles. The van der Waals surface area contributed by atoms with E-state index in [9.17, 15) is 4.79 Å². The van der Waals surface area contributed by atoms with Crippen LogP contribution in [-0.2, 0) is 4.79 Å². The molecule has 0 fully saturated rings. The summed E-state index contributed by atoms with van der Waals surface area (Å²) < 4.78 is 16.1. The first kappa shape index (κ1) is 16.7. The van der Waals surface area contributed by atoms with Crippen molar-refractivity contribution >= 4 is 11.6 Å². The van der Waals surface area contributed by atoms with Crippen LogP contribution in [0.15, 0.2) is 48.5 Å². The molecule has 0 saturated carbocycles. The molecule has 1 N–H and O–H groups in total. The number of para-hydroxylation sites is 1. The predicted octanol–water partition coefficient (Wildman–Crippen LogP) is 3.50. The Morgan fingerprint density at radius 2 is 1.61 bits per heavy atom. The molecule has 2 aromatic carbocycles. The first-order valence-electron chi connectivity index (χ1n) is 7.42. The zero-order chi connectivity index (χ0) is 16.7. The SMILES string of the molecule is CC[C@H](Oc1ccccc1)C(=O)Nc1cc(OC)cc(OC)c1. The van der Waals surface area contributed by atoms with Gasteiger partial charge in [-0.2, -0.15) is 0 Å². The molecule has 0 bridgehead atoms. The smallest absolute Gasteiger partial charge is 0.265 e. The highest BCUT2D eigenvalue weighted by Crippen LogP contribution is 2.26. The summed E-state index contributed by atoms with van der Waals surface area (Å²) in [4.78, 5) is 12.4. The Hall–Kier alpha value is -2.69. The lowest BCUT2D eigenvalue weighted by molar-refractivity contribution is -0.122. The summed E-state index contributed by atoms with van der Waals surface area (Å²) in [6.45, 7) is 1.90. The molecule has 5 heteroatoms. The van der Waals surface area contributed by atoms with Crippen molar-refractivity contribution in [2.75, 3.05) is 19.5 Å². The number of hydrogen-bond donors (Lipinski definition) is 1. The second-order valence-electron chi connectivity index (χ2n) is 4.92. The molecule has 5 nitrogen and oxygen atoms in total. The topological polar surface area (TPSA) is 56.8 Å². The number of benzene rings is 2. The predicted molar refractivity (Wildman–Crippen MR) is 89.3 cm³/mol. The average Bonchev–Trinajstić information content (AvgIpc) is 2.59. The summed E-state index contributed by atoms with van der Waals surface area (Å²) in [6, 6.07) is 14.5. The molecule has 0 saturated heterocycles. The number of methoxy groups -OCH3 is 2. The van der Waals surface area contributed by atoms with Gasteiger partial charge in [-0.3, -0.25) is 4.79 Å². The monoisotopic (exact) mass is 315 g/mol. The minimum Gasteiger partial charge on any atom is -0.497 e. The van der Waals surface area contributed by atoms with Gasteiger partial charge < -0.3 is 19.5 Å². The average molecular weight is 315 g/mol. The van der Waals surface area contributed by atoms with Crippen LogP contribution in [0.1, 0.15) is 13.3 Å². The second-order valence-corrected chi connectivity index (χ2v) is 4.92. The van der Waals surface area contributed by atoms with Crippen LogP contribution in [-0.4, -0.2) is 26.2 Å². The number of carbonyl (C=O) groups is 1. The molecule has 0 aliphatic heterocycles. The Bertz CT molecular complexity index is 620. The van der Waals surface area contributed by atoms with Crippen molar-refractivity contribution in [2.24, 2.45) is 0 Å². The molecule has 0 radical (unpaired) electrons. The fourth-order valence-corrected chi connectivity index (χ4v) is 2.09. The normalized spacial score (nSPS) is 11.4. The molecule has 0 spiro atoms. The molecule has 0 aliphatic carbocycles. The molecule has 1 atom stereocenters. The third-order valence-corrected chi connectivity index (χ3v) is 3.30. The first-order valence-corrected chi connectivity index (χ1v) is 7.42. The Kier molecular flexibility index (Phi) is 5.86. The summed E-state index contributed by atoms with van der Waals surface area (Å²) in [7, 11) is 3.13. The highest BCUT2D eigenvalue weighted by Gasteiger charge is 2.19. The van der Waals surface area contributed by atoms with E-state index in [-0.39, 0.29) is 5.91 Å². The molecule has 0 aliphatic rings. The molecule has 1 amide bonds. The minimum absolute atomic E-state index is 0.216. The van der Waals surface area contributed by atoms with Crippen molar-refractivity contribution in [1.29, 1.82) is 0 Å². The summed E-state index contributed by atoms with van der Waals surface area (Å²) in [5, 5.41) is 2.84. The lowest BCUT2D eigenvalue weighted by atomic mass is 10.2. The van der Waals surface area contributed by atoms with E-state index >= 15 is 0 Å². The van der Waals surface area contributed by atoms with Gasteiger partial charge in [0.25, 0.3) is 5.91 Å². The van der Waals surface area contributed by atoms with E-state index in [0.717, 1.165) is 0 Å². The third-order valence-electron chi connectivity index (χ3n) is 3.30. The van der Waals surface area contributed by atoms with Gasteiger partial charge in [-0.15, -0.1) is 0 Å². The Labute approximate surface area is 136 Å². The molecule has 122 valence electrons. The number of anilines is 1. The van der Waals surface area contributed by atoms with E-state index in [0.29, 0.717) is 29.4 Å². The summed E-state index contributed by atoms with van der Waals surface area (Å²) >= 11 is 0. The molecule has 2 rings (SSSR count). The van der Waals surface area contributed by atoms with Gasteiger partial charge >= 0.3 is 0 Å². The lowest BCUT2D eigenvalue weighted by Crippen LogP contribution is -2.32. The van der Waals surface area contributed by atoms with Crippen molar-refractivity contribution in [3.8, 4) is 17.2 Å². The van der Waals surface area contributed by atoms with E-state index in [4.69, 9.17) is 14.2 Å². The van der Waals surface area contributed by atoms with Gasteiger partial charge in [0.05, 0.1) is 14.2 Å². The van der Waals surface area contributed by atoms with Gasteiger partial charge in [-0.25, -0.2) is 0 Å². The van der Waals surface area contributed by atoms with Crippen LogP contribution in [0, 0.1) is 0 Å². The molecular weight excluding hydrogens is 294 g/mol. The van der Waals surface area contributed by atoms with Crippen molar-refractivity contribution < 1.29 is 19.0 Å². The number of rotatable bonds is 7. The van der Waals surface area contributed by atoms with E-state index in [2.05, 4.69) is 5.32 Å². The number of ether oxygens (including phenoxy) is 3.